The van der Waals surface area contributed by atoms with Crippen molar-refractivity contribution in [2.75, 3.05) is 13.1 Å². The summed E-state index contributed by atoms with van der Waals surface area (Å²) in [5.74, 6) is 0.812. The second-order valence-electron chi connectivity index (χ2n) is 9.41. The van der Waals surface area contributed by atoms with Gasteiger partial charge in [-0.05, 0) is 67.3 Å². The van der Waals surface area contributed by atoms with Crippen molar-refractivity contribution >= 4 is 15.9 Å². The second kappa shape index (κ2) is 11.6. The number of piperidine rings is 1. The van der Waals surface area contributed by atoms with Gasteiger partial charge in [-0.2, -0.15) is 0 Å². The minimum absolute atomic E-state index is 0.179. The van der Waals surface area contributed by atoms with Crippen LogP contribution in [0.2, 0.25) is 0 Å². The number of carbonyl (C=O) groups excluding carboxylic acids is 1. The van der Waals surface area contributed by atoms with Gasteiger partial charge in [0.1, 0.15) is 0 Å². The molecular weight excluding hydrogens is 456 g/mol. The molecule has 0 saturated carbocycles. The highest BCUT2D eigenvalue weighted by Gasteiger charge is 2.23. The number of hydrogen-bond acceptors (Lipinski definition) is 3. The maximum atomic E-state index is 12.8. The molecule has 0 bridgehead atoms. The van der Waals surface area contributed by atoms with E-state index in [9.17, 15) is 13.2 Å². The predicted molar refractivity (Wildman–Crippen MR) is 139 cm³/mol. The lowest BCUT2D eigenvalue weighted by molar-refractivity contribution is -0.132. The van der Waals surface area contributed by atoms with E-state index in [1.165, 1.54) is 5.56 Å². The zero-order valence-corrected chi connectivity index (χ0v) is 21.1. The summed E-state index contributed by atoms with van der Waals surface area (Å²) in [6.07, 6.45) is 4.22. The van der Waals surface area contributed by atoms with E-state index in [4.69, 9.17) is 0 Å². The molecule has 3 aromatic carbocycles. The van der Waals surface area contributed by atoms with Crippen molar-refractivity contribution in [3.05, 3.63) is 102 Å². The quantitative estimate of drug-likeness (QED) is 0.452. The largest absolute Gasteiger partial charge is 0.343 e. The van der Waals surface area contributed by atoms with Gasteiger partial charge in [-0.15, -0.1) is 0 Å². The van der Waals surface area contributed by atoms with Crippen LogP contribution in [0.15, 0.2) is 89.8 Å². The first-order valence-electron chi connectivity index (χ1n) is 12.4. The number of hydrogen-bond donors (Lipinski definition) is 1. The van der Waals surface area contributed by atoms with Crippen LogP contribution in [-0.2, 0) is 27.7 Å². The molecule has 0 aliphatic carbocycles. The fourth-order valence-corrected chi connectivity index (χ4v) is 5.92. The molecule has 0 unspecified atom stereocenters. The average Bonchev–Trinajstić information content (AvgIpc) is 2.89. The predicted octanol–water partition coefficient (Wildman–Crippen LogP) is 5.14. The van der Waals surface area contributed by atoms with E-state index in [2.05, 4.69) is 29.0 Å². The molecule has 3 aromatic rings. The first-order chi connectivity index (χ1) is 16.9. The third kappa shape index (κ3) is 7.03. The Morgan fingerprint density at radius 2 is 1.49 bits per heavy atom. The number of carbonyl (C=O) groups is 1. The van der Waals surface area contributed by atoms with Crippen molar-refractivity contribution in [2.45, 2.75) is 50.0 Å². The number of aryl methyl sites for hydroxylation is 1. The van der Waals surface area contributed by atoms with Gasteiger partial charge in [-0.3, -0.25) is 4.79 Å². The molecule has 0 aromatic heterocycles. The van der Waals surface area contributed by atoms with Crippen LogP contribution in [0.1, 0.15) is 48.9 Å². The molecule has 1 fully saturated rings. The maximum Gasteiger partial charge on any atom is 0.241 e. The number of sulfonamides is 1. The van der Waals surface area contributed by atoms with Gasteiger partial charge in [0, 0.05) is 25.6 Å². The van der Waals surface area contributed by atoms with Crippen molar-refractivity contribution in [3.63, 3.8) is 0 Å². The van der Waals surface area contributed by atoms with E-state index in [0.717, 1.165) is 43.5 Å². The molecule has 1 aliphatic heterocycles. The maximum absolute atomic E-state index is 12.8. The highest BCUT2D eigenvalue weighted by Crippen LogP contribution is 2.23. The average molecular weight is 491 g/mol. The van der Waals surface area contributed by atoms with E-state index in [-0.39, 0.29) is 16.8 Å². The van der Waals surface area contributed by atoms with Crippen LogP contribution in [0.3, 0.4) is 0 Å². The summed E-state index contributed by atoms with van der Waals surface area (Å²) in [6, 6.07) is 26.6. The summed E-state index contributed by atoms with van der Waals surface area (Å²) in [7, 11) is -3.63. The van der Waals surface area contributed by atoms with Gasteiger partial charge < -0.3 is 4.90 Å². The molecule has 5 nitrogen and oxygen atoms in total. The molecule has 0 radical (unpaired) electrons. The molecule has 35 heavy (non-hydrogen) atoms. The molecule has 1 N–H and O–H groups in total. The van der Waals surface area contributed by atoms with Gasteiger partial charge in [0.05, 0.1) is 4.90 Å². The van der Waals surface area contributed by atoms with Crippen molar-refractivity contribution in [1.82, 2.24) is 9.62 Å². The van der Waals surface area contributed by atoms with Crippen LogP contribution in [0.4, 0.5) is 0 Å². The minimum Gasteiger partial charge on any atom is -0.343 e. The van der Waals surface area contributed by atoms with Gasteiger partial charge in [-0.25, -0.2) is 13.1 Å². The molecular formula is C29H34N2O3S. The molecule has 184 valence electrons. The summed E-state index contributed by atoms with van der Waals surface area (Å²) in [5.41, 5.74) is 3.25. The lowest BCUT2D eigenvalue weighted by Crippen LogP contribution is -2.39. The van der Waals surface area contributed by atoms with Gasteiger partial charge >= 0.3 is 0 Å². The summed E-state index contributed by atoms with van der Waals surface area (Å²) >= 11 is 0. The molecule has 6 heteroatoms. The van der Waals surface area contributed by atoms with E-state index in [0.29, 0.717) is 18.8 Å². The third-order valence-corrected chi connectivity index (χ3v) is 8.38. The summed E-state index contributed by atoms with van der Waals surface area (Å²) in [4.78, 5) is 15.0. The lowest BCUT2D eigenvalue weighted by atomic mass is 9.90. The van der Waals surface area contributed by atoms with E-state index in [1.54, 1.807) is 24.3 Å². The topological polar surface area (TPSA) is 66.5 Å². The Bertz CT molecular complexity index is 1190. The zero-order chi connectivity index (χ0) is 24.7. The molecule has 1 amide bonds. The van der Waals surface area contributed by atoms with Gasteiger partial charge in [0.25, 0.3) is 0 Å². The SMILES string of the molecule is C[C@@H](NS(=O)(=O)c1ccc(CCC(=O)N2CCC(Cc3ccccc3)CC2)cc1)c1ccccc1. The monoisotopic (exact) mass is 490 g/mol. The zero-order valence-electron chi connectivity index (χ0n) is 20.3. The highest BCUT2D eigenvalue weighted by molar-refractivity contribution is 7.89. The third-order valence-electron chi connectivity index (χ3n) is 6.83. The molecule has 0 spiro atoms. The first kappa shape index (κ1) is 25.1. The Morgan fingerprint density at radius 1 is 0.886 bits per heavy atom. The fraction of sp³-hybridized carbons (Fsp3) is 0.345. The van der Waals surface area contributed by atoms with Crippen LogP contribution < -0.4 is 4.72 Å². The Kier molecular flexibility index (Phi) is 8.37. The van der Waals surface area contributed by atoms with E-state index in [1.807, 2.05) is 48.2 Å². The first-order valence-corrected chi connectivity index (χ1v) is 13.9. The number of likely N-dealkylation sites (tertiary alicyclic amines) is 1. The smallest absolute Gasteiger partial charge is 0.241 e. The molecule has 4 rings (SSSR count). The van der Waals surface area contributed by atoms with Crippen molar-refractivity contribution in [3.8, 4) is 0 Å². The van der Waals surface area contributed by atoms with Crippen molar-refractivity contribution < 1.29 is 13.2 Å². The second-order valence-corrected chi connectivity index (χ2v) is 11.1. The Hall–Kier alpha value is -2.96. The Labute approximate surface area is 209 Å². The van der Waals surface area contributed by atoms with Crippen LogP contribution in [0.5, 0.6) is 0 Å². The Morgan fingerprint density at radius 3 is 2.11 bits per heavy atom. The highest BCUT2D eigenvalue weighted by atomic mass is 32.2. The van der Waals surface area contributed by atoms with E-state index < -0.39 is 10.0 Å². The number of benzene rings is 3. The summed E-state index contributed by atoms with van der Waals surface area (Å²) in [5, 5.41) is 0. The summed E-state index contributed by atoms with van der Waals surface area (Å²) < 4.78 is 28.3. The van der Waals surface area contributed by atoms with Crippen molar-refractivity contribution in [2.24, 2.45) is 5.92 Å². The fourth-order valence-electron chi connectivity index (χ4n) is 4.69. The molecule has 1 heterocycles. The minimum atomic E-state index is -3.63. The van der Waals surface area contributed by atoms with Crippen LogP contribution in [-0.4, -0.2) is 32.3 Å². The standard InChI is InChI=1S/C29H34N2O3S/c1-23(27-10-6-3-7-11-27)30-35(33,34)28-15-12-24(13-16-28)14-17-29(32)31-20-18-26(19-21-31)22-25-8-4-2-5-9-25/h2-13,15-16,23,26,30H,14,17-22H2,1H3/t23-/m1/s1. The lowest BCUT2D eigenvalue weighted by Gasteiger charge is -2.32. The molecule has 1 atom stereocenters. The molecule has 1 aliphatic rings. The number of rotatable bonds is 9. The van der Waals surface area contributed by atoms with Crippen LogP contribution in [0.25, 0.3) is 0 Å². The number of amides is 1. The normalized spacial score (nSPS) is 15.6. The van der Waals surface area contributed by atoms with E-state index >= 15 is 0 Å². The van der Waals surface area contributed by atoms with Gasteiger partial charge in [0.2, 0.25) is 15.9 Å². The van der Waals surface area contributed by atoms with Crippen LogP contribution in [0, 0.1) is 5.92 Å². The Balaban J connectivity index is 1.24. The molecule has 1 saturated heterocycles. The van der Waals surface area contributed by atoms with Crippen molar-refractivity contribution in [1.29, 1.82) is 0 Å². The number of nitrogens with zero attached hydrogens (tertiary/aromatic N) is 1. The summed E-state index contributed by atoms with van der Waals surface area (Å²) in [6.45, 7) is 3.47. The number of nitrogens with one attached hydrogen (secondary N) is 1. The van der Waals surface area contributed by atoms with Gasteiger partial charge in [0.15, 0.2) is 0 Å². The van der Waals surface area contributed by atoms with Crippen LogP contribution >= 0.6 is 0 Å². The van der Waals surface area contributed by atoms with Gasteiger partial charge in [-0.1, -0.05) is 72.8 Å².